The van der Waals surface area contributed by atoms with Gasteiger partial charge in [-0.1, -0.05) is 11.8 Å². The minimum atomic E-state index is -0.837. The molecule has 0 atom stereocenters. The highest BCUT2D eigenvalue weighted by atomic mass is 32.2. The predicted octanol–water partition coefficient (Wildman–Crippen LogP) is 1.85. The molecule has 17 heavy (non-hydrogen) atoms. The third kappa shape index (κ3) is 3.24. The number of nitrogens with zero attached hydrogens (tertiary/aromatic N) is 3. The summed E-state index contributed by atoms with van der Waals surface area (Å²) in [6, 6.07) is 4.04. The number of nitriles is 1. The van der Waals surface area contributed by atoms with Gasteiger partial charge in [0, 0.05) is 5.92 Å². The topological polar surface area (TPSA) is 78.9 Å². The molecule has 2 rings (SSSR count). The summed E-state index contributed by atoms with van der Waals surface area (Å²) in [5.74, 6) is -0.263. The van der Waals surface area contributed by atoms with E-state index in [2.05, 4.69) is 11.2 Å². The number of aliphatic carboxylic acids is 1. The van der Waals surface area contributed by atoms with Crippen LogP contribution in [0.1, 0.15) is 30.9 Å². The SMILES string of the molecule is N#CCCn1nc(C2CC2)cc1SCC(=O)O. The van der Waals surface area contributed by atoms with Crippen molar-refractivity contribution in [3.8, 4) is 6.07 Å². The van der Waals surface area contributed by atoms with Gasteiger partial charge in [0.1, 0.15) is 0 Å². The molecule has 1 aliphatic rings. The fourth-order valence-corrected chi connectivity index (χ4v) is 2.32. The monoisotopic (exact) mass is 251 g/mol. The molecule has 1 saturated carbocycles. The van der Waals surface area contributed by atoms with Crippen LogP contribution in [-0.2, 0) is 11.3 Å². The molecule has 1 N–H and O–H groups in total. The van der Waals surface area contributed by atoms with Crippen LogP contribution in [0.2, 0.25) is 0 Å². The summed E-state index contributed by atoms with van der Waals surface area (Å²) in [6.07, 6.45) is 2.73. The van der Waals surface area contributed by atoms with Gasteiger partial charge in [-0.25, -0.2) is 0 Å². The number of aryl methyl sites for hydroxylation is 1. The van der Waals surface area contributed by atoms with Crippen molar-refractivity contribution in [3.05, 3.63) is 11.8 Å². The van der Waals surface area contributed by atoms with Crippen LogP contribution in [0.5, 0.6) is 0 Å². The van der Waals surface area contributed by atoms with Crippen LogP contribution >= 0.6 is 11.8 Å². The van der Waals surface area contributed by atoms with E-state index in [0.717, 1.165) is 23.6 Å². The fraction of sp³-hybridized carbons (Fsp3) is 0.545. The van der Waals surface area contributed by atoms with E-state index in [1.807, 2.05) is 6.07 Å². The number of hydrogen-bond acceptors (Lipinski definition) is 4. The Hall–Kier alpha value is -1.48. The van der Waals surface area contributed by atoms with Crippen LogP contribution in [0.4, 0.5) is 0 Å². The Morgan fingerprint density at radius 3 is 3.06 bits per heavy atom. The van der Waals surface area contributed by atoms with Gasteiger partial charge < -0.3 is 5.11 Å². The molecule has 0 bridgehead atoms. The third-order valence-corrected chi connectivity index (χ3v) is 3.55. The summed E-state index contributed by atoms with van der Waals surface area (Å²) in [7, 11) is 0. The van der Waals surface area contributed by atoms with Gasteiger partial charge in [0.2, 0.25) is 0 Å². The highest BCUT2D eigenvalue weighted by Gasteiger charge is 2.27. The second-order valence-electron chi connectivity index (χ2n) is 4.00. The zero-order valence-electron chi connectivity index (χ0n) is 9.30. The largest absolute Gasteiger partial charge is 0.481 e. The van der Waals surface area contributed by atoms with E-state index in [0.29, 0.717) is 18.9 Å². The van der Waals surface area contributed by atoms with Crippen molar-refractivity contribution in [2.24, 2.45) is 0 Å². The second-order valence-corrected chi connectivity index (χ2v) is 4.99. The van der Waals surface area contributed by atoms with Gasteiger partial charge in [0.05, 0.1) is 35.5 Å². The maximum absolute atomic E-state index is 10.5. The normalized spacial score (nSPS) is 14.5. The molecular formula is C11H13N3O2S. The fourth-order valence-electron chi connectivity index (χ4n) is 1.57. The predicted molar refractivity (Wildman–Crippen MR) is 62.8 cm³/mol. The summed E-state index contributed by atoms with van der Waals surface area (Å²) >= 11 is 1.26. The van der Waals surface area contributed by atoms with Crippen molar-refractivity contribution < 1.29 is 9.90 Å². The first-order valence-electron chi connectivity index (χ1n) is 5.50. The van der Waals surface area contributed by atoms with Crippen molar-refractivity contribution in [2.75, 3.05) is 5.75 Å². The number of rotatable bonds is 6. The lowest BCUT2D eigenvalue weighted by Gasteiger charge is -2.02. The first-order valence-corrected chi connectivity index (χ1v) is 6.48. The van der Waals surface area contributed by atoms with Crippen molar-refractivity contribution in [3.63, 3.8) is 0 Å². The van der Waals surface area contributed by atoms with E-state index in [9.17, 15) is 4.79 Å². The van der Waals surface area contributed by atoms with Crippen molar-refractivity contribution in [1.29, 1.82) is 5.26 Å². The van der Waals surface area contributed by atoms with Crippen LogP contribution in [0, 0.1) is 11.3 Å². The Morgan fingerprint density at radius 2 is 2.47 bits per heavy atom. The summed E-state index contributed by atoms with van der Waals surface area (Å²) in [5.41, 5.74) is 1.04. The van der Waals surface area contributed by atoms with E-state index in [1.165, 1.54) is 11.8 Å². The number of carbonyl (C=O) groups is 1. The Morgan fingerprint density at radius 1 is 1.71 bits per heavy atom. The quantitative estimate of drug-likeness (QED) is 0.780. The summed E-state index contributed by atoms with van der Waals surface area (Å²) in [5, 5.41) is 22.5. The minimum Gasteiger partial charge on any atom is -0.481 e. The van der Waals surface area contributed by atoms with Gasteiger partial charge in [-0.2, -0.15) is 10.4 Å². The van der Waals surface area contributed by atoms with E-state index in [-0.39, 0.29) is 5.75 Å². The molecule has 0 radical (unpaired) electrons. The number of hydrogen-bond donors (Lipinski definition) is 1. The molecule has 0 saturated heterocycles. The lowest BCUT2D eigenvalue weighted by Crippen LogP contribution is -2.04. The molecule has 0 unspecified atom stereocenters. The Kier molecular flexibility index (Phi) is 3.69. The highest BCUT2D eigenvalue weighted by molar-refractivity contribution is 7.99. The third-order valence-electron chi connectivity index (χ3n) is 2.54. The molecule has 0 amide bonds. The zero-order valence-corrected chi connectivity index (χ0v) is 10.1. The number of aromatic nitrogens is 2. The molecular weight excluding hydrogens is 238 g/mol. The molecule has 0 aliphatic heterocycles. The van der Waals surface area contributed by atoms with Gasteiger partial charge in [0.15, 0.2) is 0 Å². The van der Waals surface area contributed by atoms with E-state index >= 15 is 0 Å². The Balaban J connectivity index is 2.09. The molecule has 1 aromatic rings. The van der Waals surface area contributed by atoms with E-state index < -0.39 is 5.97 Å². The molecule has 1 heterocycles. The first-order chi connectivity index (χ1) is 8.20. The standard InChI is InChI=1S/C11H13N3O2S/c12-4-1-5-14-10(17-7-11(15)16)6-9(13-14)8-2-3-8/h6,8H,1-3,5,7H2,(H,15,16). The number of carboxylic acids is 1. The minimum absolute atomic E-state index is 0.0301. The van der Waals surface area contributed by atoms with E-state index in [4.69, 9.17) is 10.4 Å². The summed E-state index contributed by atoms with van der Waals surface area (Å²) in [4.78, 5) is 10.5. The van der Waals surface area contributed by atoms with Crippen LogP contribution in [0.15, 0.2) is 11.1 Å². The lowest BCUT2D eigenvalue weighted by atomic mass is 10.3. The van der Waals surface area contributed by atoms with E-state index in [1.54, 1.807) is 4.68 Å². The van der Waals surface area contributed by atoms with Crippen LogP contribution < -0.4 is 0 Å². The van der Waals surface area contributed by atoms with Crippen molar-refractivity contribution in [2.45, 2.75) is 36.8 Å². The highest BCUT2D eigenvalue weighted by Crippen LogP contribution is 2.40. The second kappa shape index (κ2) is 5.23. The average Bonchev–Trinajstić information content (AvgIpc) is 3.06. The summed E-state index contributed by atoms with van der Waals surface area (Å²) in [6.45, 7) is 0.533. The molecule has 1 aromatic heterocycles. The number of thioether (sulfide) groups is 1. The maximum Gasteiger partial charge on any atom is 0.313 e. The van der Waals surface area contributed by atoms with Gasteiger partial charge in [0.25, 0.3) is 0 Å². The lowest BCUT2D eigenvalue weighted by molar-refractivity contribution is -0.133. The average molecular weight is 251 g/mol. The molecule has 1 aliphatic carbocycles. The van der Waals surface area contributed by atoms with Gasteiger partial charge >= 0.3 is 5.97 Å². The Labute approximate surface area is 103 Å². The van der Waals surface area contributed by atoms with Crippen LogP contribution in [0.25, 0.3) is 0 Å². The molecule has 1 fully saturated rings. The summed E-state index contributed by atoms with van der Waals surface area (Å²) < 4.78 is 1.75. The maximum atomic E-state index is 10.5. The first kappa shape index (κ1) is 12.0. The van der Waals surface area contributed by atoms with Crippen molar-refractivity contribution in [1.82, 2.24) is 9.78 Å². The smallest absolute Gasteiger partial charge is 0.313 e. The molecule has 0 spiro atoms. The van der Waals surface area contributed by atoms with Crippen LogP contribution in [0.3, 0.4) is 0 Å². The molecule has 90 valence electrons. The molecule has 5 nitrogen and oxygen atoms in total. The Bertz CT molecular complexity index is 460. The van der Waals surface area contributed by atoms with Crippen molar-refractivity contribution >= 4 is 17.7 Å². The van der Waals surface area contributed by atoms with Gasteiger partial charge in [-0.3, -0.25) is 9.48 Å². The van der Waals surface area contributed by atoms with Gasteiger partial charge in [-0.05, 0) is 18.9 Å². The zero-order chi connectivity index (χ0) is 12.3. The van der Waals surface area contributed by atoms with Gasteiger partial charge in [-0.15, -0.1) is 0 Å². The molecule has 6 heteroatoms. The molecule has 0 aromatic carbocycles. The van der Waals surface area contributed by atoms with Crippen LogP contribution in [-0.4, -0.2) is 26.6 Å². The number of carboxylic acid groups (broad SMARTS) is 1.